The molecular formula is C8H14Cl2O. The fraction of sp³-hybridized carbons (Fsp3) is 0.875. The maximum absolute atomic E-state index is 10.7. The lowest BCUT2D eigenvalue weighted by atomic mass is 10.1. The third-order valence-electron chi connectivity index (χ3n) is 1.49. The van der Waals surface area contributed by atoms with Gasteiger partial charge >= 0.3 is 0 Å². The van der Waals surface area contributed by atoms with Crippen molar-refractivity contribution >= 4 is 29.0 Å². The van der Waals surface area contributed by atoms with E-state index in [9.17, 15) is 4.79 Å². The van der Waals surface area contributed by atoms with Crippen LogP contribution in [0.1, 0.15) is 32.1 Å². The first kappa shape index (κ1) is 11.2. The number of carbonyl (C=O) groups is 1. The van der Waals surface area contributed by atoms with Crippen LogP contribution in [-0.2, 0) is 4.79 Å². The minimum Gasteiger partial charge on any atom is -0.298 e. The molecule has 0 aromatic heterocycles. The topological polar surface area (TPSA) is 17.1 Å². The molecule has 0 aliphatic carbocycles. The lowest BCUT2D eigenvalue weighted by Crippen LogP contribution is -1.98. The SMILES string of the molecule is O=C(CCl)CCCCCCCl. The Labute approximate surface area is 78.1 Å². The van der Waals surface area contributed by atoms with Crippen LogP contribution in [0.4, 0.5) is 0 Å². The monoisotopic (exact) mass is 196 g/mol. The minimum atomic E-state index is 0.151. The Kier molecular flexibility index (Phi) is 8.54. The zero-order valence-corrected chi connectivity index (χ0v) is 8.13. The molecule has 0 spiro atoms. The number of rotatable bonds is 7. The Morgan fingerprint density at radius 2 is 1.64 bits per heavy atom. The molecule has 0 aromatic rings. The van der Waals surface area contributed by atoms with Crippen molar-refractivity contribution in [1.29, 1.82) is 0 Å². The highest BCUT2D eigenvalue weighted by atomic mass is 35.5. The second-order valence-electron chi connectivity index (χ2n) is 2.53. The number of halogens is 2. The van der Waals surface area contributed by atoms with Crippen LogP contribution in [0.15, 0.2) is 0 Å². The lowest BCUT2D eigenvalue weighted by molar-refractivity contribution is -0.116. The molecule has 0 atom stereocenters. The molecule has 0 bridgehead atoms. The first-order chi connectivity index (χ1) is 5.31. The van der Waals surface area contributed by atoms with Gasteiger partial charge in [-0.3, -0.25) is 4.79 Å². The van der Waals surface area contributed by atoms with Gasteiger partial charge in [-0.25, -0.2) is 0 Å². The molecule has 11 heavy (non-hydrogen) atoms. The van der Waals surface area contributed by atoms with Gasteiger partial charge in [0.15, 0.2) is 0 Å². The predicted octanol–water partition coefficient (Wildman–Crippen LogP) is 2.98. The maximum Gasteiger partial charge on any atom is 0.147 e. The van der Waals surface area contributed by atoms with E-state index < -0.39 is 0 Å². The summed E-state index contributed by atoms with van der Waals surface area (Å²) in [4.78, 5) is 10.7. The molecule has 0 radical (unpaired) electrons. The number of Topliss-reactive ketones (excluding diaryl/α,β-unsaturated/α-hetero) is 1. The van der Waals surface area contributed by atoms with Crippen molar-refractivity contribution in [2.24, 2.45) is 0 Å². The second-order valence-corrected chi connectivity index (χ2v) is 3.17. The molecular weight excluding hydrogens is 183 g/mol. The Bertz CT molecular complexity index is 104. The van der Waals surface area contributed by atoms with Crippen molar-refractivity contribution in [1.82, 2.24) is 0 Å². The van der Waals surface area contributed by atoms with Crippen molar-refractivity contribution in [3.8, 4) is 0 Å². The second kappa shape index (κ2) is 8.35. The van der Waals surface area contributed by atoms with Gasteiger partial charge in [-0.05, 0) is 12.8 Å². The standard InChI is InChI=1S/C8H14Cl2O/c9-6-4-2-1-3-5-8(11)7-10/h1-7H2. The summed E-state index contributed by atoms with van der Waals surface area (Å²) in [6, 6.07) is 0. The average molecular weight is 197 g/mol. The van der Waals surface area contributed by atoms with E-state index >= 15 is 0 Å². The first-order valence-corrected chi connectivity index (χ1v) is 5.01. The molecule has 0 unspecified atom stereocenters. The quantitative estimate of drug-likeness (QED) is 0.453. The molecule has 0 amide bonds. The Morgan fingerprint density at radius 1 is 1.00 bits per heavy atom. The van der Waals surface area contributed by atoms with Crippen LogP contribution in [0.5, 0.6) is 0 Å². The number of unbranched alkanes of at least 4 members (excludes halogenated alkanes) is 3. The highest BCUT2D eigenvalue weighted by Gasteiger charge is 1.97. The van der Waals surface area contributed by atoms with Gasteiger partial charge in [0.1, 0.15) is 5.78 Å². The van der Waals surface area contributed by atoms with Gasteiger partial charge in [0.2, 0.25) is 0 Å². The molecule has 0 aliphatic heterocycles. The van der Waals surface area contributed by atoms with Crippen LogP contribution in [0, 0.1) is 0 Å². The van der Waals surface area contributed by atoms with Crippen LogP contribution in [-0.4, -0.2) is 17.5 Å². The van der Waals surface area contributed by atoms with Crippen LogP contribution in [0.25, 0.3) is 0 Å². The summed E-state index contributed by atoms with van der Waals surface area (Å²) in [5.41, 5.74) is 0. The van der Waals surface area contributed by atoms with Crippen LogP contribution >= 0.6 is 23.2 Å². The van der Waals surface area contributed by atoms with E-state index in [0.29, 0.717) is 6.42 Å². The Balaban J connectivity index is 2.95. The van der Waals surface area contributed by atoms with Gasteiger partial charge in [-0.2, -0.15) is 0 Å². The lowest BCUT2D eigenvalue weighted by Gasteiger charge is -1.96. The molecule has 0 saturated heterocycles. The van der Waals surface area contributed by atoms with E-state index in [1.807, 2.05) is 0 Å². The smallest absolute Gasteiger partial charge is 0.147 e. The Hall–Kier alpha value is 0.250. The average Bonchev–Trinajstić information content (AvgIpc) is 2.04. The summed E-state index contributed by atoms with van der Waals surface area (Å²) < 4.78 is 0. The van der Waals surface area contributed by atoms with E-state index in [0.717, 1.165) is 31.6 Å². The summed E-state index contributed by atoms with van der Waals surface area (Å²) in [5, 5.41) is 0. The number of hydrogen-bond acceptors (Lipinski definition) is 1. The summed E-state index contributed by atoms with van der Waals surface area (Å²) >= 11 is 10.8. The van der Waals surface area contributed by atoms with Gasteiger partial charge < -0.3 is 0 Å². The van der Waals surface area contributed by atoms with Gasteiger partial charge in [0.25, 0.3) is 0 Å². The summed E-state index contributed by atoms with van der Waals surface area (Å²) in [6.45, 7) is 0. The number of carbonyl (C=O) groups excluding carboxylic acids is 1. The van der Waals surface area contributed by atoms with E-state index in [4.69, 9.17) is 23.2 Å². The number of hydrogen-bond donors (Lipinski definition) is 0. The summed E-state index contributed by atoms with van der Waals surface area (Å²) in [7, 11) is 0. The van der Waals surface area contributed by atoms with Gasteiger partial charge in [-0.15, -0.1) is 23.2 Å². The maximum atomic E-state index is 10.7. The van der Waals surface area contributed by atoms with Crippen molar-refractivity contribution < 1.29 is 4.79 Å². The van der Waals surface area contributed by atoms with Crippen molar-refractivity contribution in [3.05, 3.63) is 0 Å². The van der Waals surface area contributed by atoms with E-state index in [-0.39, 0.29) is 11.7 Å². The summed E-state index contributed by atoms with van der Waals surface area (Å²) in [6.07, 6.45) is 4.86. The number of ketones is 1. The Morgan fingerprint density at radius 3 is 2.18 bits per heavy atom. The predicted molar refractivity (Wildman–Crippen MR) is 49.5 cm³/mol. The molecule has 0 aliphatic rings. The third kappa shape index (κ3) is 8.15. The molecule has 0 aromatic carbocycles. The van der Waals surface area contributed by atoms with Crippen LogP contribution in [0.2, 0.25) is 0 Å². The van der Waals surface area contributed by atoms with Gasteiger partial charge in [0, 0.05) is 12.3 Å². The molecule has 66 valence electrons. The zero-order valence-electron chi connectivity index (χ0n) is 6.61. The van der Waals surface area contributed by atoms with Crippen molar-refractivity contribution in [2.45, 2.75) is 32.1 Å². The zero-order chi connectivity index (χ0) is 8.53. The normalized spacial score (nSPS) is 10.0. The van der Waals surface area contributed by atoms with E-state index in [2.05, 4.69) is 0 Å². The van der Waals surface area contributed by atoms with Crippen LogP contribution in [0.3, 0.4) is 0 Å². The molecule has 3 heteroatoms. The molecule has 0 heterocycles. The molecule has 0 rings (SSSR count). The fourth-order valence-electron chi connectivity index (χ4n) is 0.837. The largest absolute Gasteiger partial charge is 0.298 e. The van der Waals surface area contributed by atoms with Gasteiger partial charge in [-0.1, -0.05) is 12.8 Å². The fourth-order valence-corrected chi connectivity index (χ4v) is 1.16. The molecule has 0 saturated carbocycles. The van der Waals surface area contributed by atoms with E-state index in [1.165, 1.54) is 0 Å². The molecule has 0 N–H and O–H groups in total. The minimum absolute atomic E-state index is 0.151. The van der Waals surface area contributed by atoms with Crippen molar-refractivity contribution in [2.75, 3.05) is 11.8 Å². The highest BCUT2D eigenvalue weighted by Crippen LogP contribution is 2.04. The van der Waals surface area contributed by atoms with Gasteiger partial charge in [0.05, 0.1) is 5.88 Å². The molecule has 1 nitrogen and oxygen atoms in total. The summed E-state index contributed by atoms with van der Waals surface area (Å²) in [5.74, 6) is 1.04. The van der Waals surface area contributed by atoms with Crippen LogP contribution < -0.4 is 0 Å². The third-order valence-corrected chi connectivity index (χ3v) is 2.05. The highest BCUT2D eigenvalue weighted by molar-refractivity contribution is 6.27. The molecule has 0 fully saturated rings. The first-order valence-electron chi connectivity index (χ1n) is 3.95. The van der Waals surface area contributed by atoms with E-state index in [1.54, 1.807) is 0 Å². The number of alkyl halides is 2. The van der Waals surface area contributed by atoms with Crippen molar-refractivity contribution in [3.63, 3.8) is 0 Å².